The molecule has 1 heterocycles. The van der Waals surface area contributed by atoms with Crippen LogP contribution in [0.15, 0.2) is 0 Å². The predicted molar refractivity (Wildman–Crippen MR) is 32.5 cm³/mol. The van der Waals surface area contributed by atoms with E-state index < -0.39 is 0 Å². The van der Waals surface area contributed by atoms with Gasteiger partial charge in [0, 0.05) is 13.5 Å². The van der Waals surface area contributed by atoms with Crippen molar-refractivity contribution in [1.29, 1.82) is 0 Å². The summed E-state index contributed by atoms with van der Waals surface area (Å²) in [5, 5.41) is 10.7. The Morgan fingerprint density at radius 2 is 1.75 bits per heavy atom. The van der Waals surface area contributed by atoms with Crippen molar-refractivity contribution in [3.63, 3.8) is 0 Å². The average Bonchev–Trinajstić information content (AvgIpc) is 1.69. The van der Waals surface area contributed by atoms with Crippen LogP contribution in [0.1, 0.15) is 0 Å². The zero-order valence-corrected chi connectivity index (χ0v) is 5.37. The number of nitrogens with one attached hydrogen (secondary N) is 1. The largest absolute Gasteiger partial charge is 0.634 e. The fourth-order valence-electron chi connectivity index (χ4n) is 0.599. The smallest absolute Gasteiger partial charge is 0.101 e. The third-order valence-electron chi connectivity index (χ3n) is 1.05. The van der Waals surface area contributed by atoms with Crippen LogP contribution in [0.2, 0.25) is 0 Å². The summed E-state index contributed by atoms with van der Waals surface area (Å²) in [5.41, 5.74) is 0. The van der Waals surface area contributed by atoms with Gasteiger partial charge in [-0.25, -0.2) is 0 Å². The molecule has 0 aromatic carbocycles. The van der Waals surface area contributed by atoms with Crippen LogP contribution >= 0.6 is 13.5 Å². The van der Waals surface area contributed by atoms with Gasteiger partial charge < -0.3 is 15.0 Å². The van der Waals surface area contributed by atoms with Crippen molar-refractivity contribution in [3.8, 4) is 0 Å². The fraction of sp³-hybridized carbons (Fsp3) is 1.00. The molecule has 1 N–H and O–H groups in total. The highest BCUT2D eigenvalue weighted by Gasteiger charge is 2.02. The van der Waals surface area contributed by atoms with Crippen molar-refractivity contribution >= 4 is 13.5 Å². The Morgan fingerprint density at radius 1 is 1.25 bits per heavy atom. The summed E-state index contributed by atoms with van der Waals surface area (Å²) in [6.07, 6.45) is 0. The molecule has 0 saturated carbocycles. The van der Waals surface area contributed by atoms with E-state index in [1.807, 2.05) is 0 Å². The van der Waals surface area contributed by atoms with Crippen LogP contribution in [0.25, 0.3) is 0 Å². The van der Waals surface area contributed by atoms with Gasteiger partial charge in [-0.3, -0.25) is 0 Å². The average molecular weight is 135 g/mol. The van der Waals surface area contributed by atoms with Crippen LogP contribution in [0.4, 0.5) is 0 Å². The van der Waals surface area contributed by atoms with Gasteiger partial charge in [-0.05, 0) is 0 Å². The van der Waals surface area contributed by atoms with Crippen molar-refractivity contribution < 1.29 is 9.80 Å². The second kappa shape index (κ2) is 4.14. The number of morpholine rings is 1. The number of ether oxygens (including phenoxy) is 1. The van der Waals surface area contributed by atoms with Gasteiger partial charge in [0.05, 0.1) is 13.2 Å². The minimum Gasteiger partial charge on any atom is -0.634 e. The zero-order chi connectivity index (χ0) is 5.11. The molecular formula is C4H9NO2S. The molecule has 0 aliphatic carbocycles. The van der Waals surface area contributed by atoms with E-state index in [0.29, 0.717) is 31.4 Å². The molecule has 4 heteroatoms. The lowest BCUT2D eigenvalue weighted by Crippen LogP contribution is -3.09. The first kappa shape index (κ1) is 8.23. The molecule has 0 aromatic rings. The summed E-state index contributed by atoms with van der Waals surface area (Å²) in [6, 6.07) is 0. The molecule has 8 heavy (non-hydrogen) atoms. The highest BCUT2D eigenvalue weighted by molar-refractivity contribution is 7.59. The van der Waals surface area contributed by atoms with Gasteiger partial charge in [0.1, 0.15) is 13.1 Å². The maximum absolute atomic E-state index is 10.4. The minimum atomic E-state index is 0. The molecule has 1 fully saturated rings. The molecule has 0 atom stereocenters. The molecule has 0 spiro atoms. The standard InChI is InChI=1S/C4H9NO2.S/c6-5-1-3-7-4-2-5;/h5H,1-4H2;. The first-order chi connectivity index (χ1) is 3.39. The lowest BCUT2D eigenvalue weighted by molar-refractivity contribution is -0.857. The van der Waals surface area contributed by atoms with Crippen LogP contribution < -0.4 is 5.06 Å². The fourth-order valence-corrected chi connectivity index (χ4v) is 0.599. The van der Waals surface area contributed by atoms with Gasteiger partial charge >= 0.3 is 0 Å². The van der Waals surface area contributed by atoms with Crippen LogP contribution in [-0.4, -0.2) is 26.3 Å². The Morgan fingerprint density at radius 3 is 2.00 bits per heavy atom. The van der Waals surface area contributed by atoms with Gasteiger partial charge in [0.15, 0.2) is 0 Å². The van der Waals surface area contributed by atoms with E-state index in [1.54, 1.807) is 0 Å². The molecule has 2 radical (unpaired) electrons. The third-order valence-corrected chi connectivity index (χ3v) is 1.05. The molecule has 0 bridgehead atoms. The van der Waals surface area contributed by atoms with E-state index in [-0.39, 0.29) is 13.5 Å². The Kier molecular flexibility index (Phi) is 4.26. The van der Waals surface area contributed by atoms with Gasteiger partial charge in [-0.2, -0.15) is 0 Å². The van der Waals surface area contributed by atoms with Crippen LogP contribution in [0.5, 0.6) is 0 Å². The molecular weight excluding hydrogens is 126 g/mol. The van der Waals surface area contributed by atoms with E-state index >= 15 is 0 Å². The van der Waals surface area contributed by atoms with Crippen molar-refractivity contribution in [1.82, 2.24) is 0 Å². The first-order valence-corrected chi connectivity index (χ1v) is 2.49. The number of hydrogen-bond acceptors (Lipinski definition) is 2. The summed E-state index contributed by atoms with van der Waals surface area (Å²) in [7, 11) is 0. The highest BCUT2D eigenvalue weighted by atomic mass is 32.1. The van der Waals surface area contributed by atoms with Crippen LogP contribution in [0.3, 0.4) is 0 Å². The number of hydroxylamine groups is 2. The molecule has 48 valence electrons. The Labute approximate surface area is 55.6 Å². The number of quaternary nitrogens is 1. The summed E-state index contributed by atoms with van der Waals surface area (Å²) in [4.78, 5) is 0. The van der Waals surface area contributed by atoms with E-state index in [4.69, 9.17) is 4.74 Å². The van der Waals surface area contributed by atoms with E-state index in [2.05, 4.69) is 0 Å². The zero-order valence-electron chi connectivity index (χ0n) is 4.55. The number of hydrogen-bond donors (Lipinski definition) is 1. The Balaban J connectivity index is 0.000000490. The van der Waals surface area contributed by atoms with Crippen LogP contribution in [-0.2, 0) is 4.74 Å². The maximum Gasteiger partial charge on any atom is 0.101 e. The molecule has 1 rings (SSSR count). The second-order valence-electron chi connectivity index (χ2n) is 1.65. The van der Waals surface area contributed by atoms with Crippen molar-refractivity contribution in [2.45, 2.75) is 0 Å². The molecule has 1 aliphatic heterocycles. The first-order valence-electron chi connectivity index (χ1n) is 2.49. The predicted octanol–water partition coefficient (Wildman–Crippen LogP) is -0.952. The van der Waals surface area contributed by atoms with Gasteiger partial charge in [-0.15, -0.1) is 0 Å². The van der Waals surface area contributed by atoms with Gasteiger partial charge in [-0.1, -0.05) is 0 Å². The molecule has 3 nitrogen and oxygen atoms in total. The normalized spacial score (nSPS) is 22.1. The summed E-state index contributed by atoms with van der Waals surface area (Å²) >= 11 is 0. The maximum atomic E-state index is 10.4. The molecule has 1 saturated heterocycles. The van der Waals surface area contributed by atoms with Crippen molar-refractivity contribution in [2.75, 3.05) is 26.3 Å². The van der Waals surface area contributed by atoms with E-state index in [1.165, 1.54) is 0 Å². The lowest BCUT2D eigenvalue weighted by Gasteiger charge is -2.25. The highest BCUT2D eigenvalue weighted by Crippen LogP contribution is 1.72. The Bertz CT molecular complexity index is 56.0. The molecule has 0 amide bonds. The number of rotatable bonds is 0. The lowest BCUT2D eigenvalue weighted by atomic mass is 10.5. The SMILES string of the molecule is [O-][NH+]1CCOCC1.[S]. The topological polar surface area (TPSA) is 36.7 Å². The van der Waals surface area contributed by atoms with E-state index in [0.717, 1.165) is 0 Å². The van der Waals surface area contributed by atoms with Crippen LogP contribution in [0, 0.1) is 5.21 Å². The van der Waals surface area contributed by atoms with Crippen molar-refractivity contribution in [3.05, 3.63) is 5.21 Å². The monoisotopic (exact) mass is 135 g/mol. The summed E-state index contributed by atoms with van der Waals surface area (Å²) in [6.45, 7) is 2.53. The molecule has 1 aliphatic rings. The minimum absolute atomic E-state index is 0. The van der Waals surface area contributed by atoms with Gasteiger partial charge in [0.2, 0.25) is 0 Å². The summed E-state index contributed by atoms with van der Waals surface area (Å²) in [5.74, 6) is 0. The van der Waals surface area contributed by atoms with E-state index in [9.17, 15) is 5.21 Å². The second-order valence-corrected chi connectivity index (χ2v) is 1.65. The Hall–Kier alpha value is 0.230. The quantitative estimate of drug-likeness (QED) is 0.435. The third kappa shape index (κ3) is 2.52. The molecule has 0 aromatic heterocycles. The van der Waals surface area contributed by atoms with Crippen molar-refractivity contribution in [2.24, 2.45) is 0 Å². The summed E-state index contributed by atoms with van der Waals surface area (Å²) < 4.78 is 4.92. The van der Waals surface area contributed by atoms with Gasteiger partial charge in [0.25, 0.3) is 0 Å². The molecule has 0 unspecified atom stereocenters.